The van der Waals surface area contributed by atoms with Crippen LogP contribution in [0.3, 0.4) is 0 Å². The first-order chi connectivity index (χ1) is 9.10. The summed E-state index contributed by atoms with van der Waals surface area (Å²) in [5, 5.41) is 3.30. The molecule has 1 aromatic rings. The van der Waals surface area contributed by atoms with Crippen LogP contribution >= 0.6 is 0 Å². The Morgan fingerprint density at radius 2 is 2.11 bits per heavy atom. The van der Waals surface area contributed by atoms with Gasteiger partial charge in [-0.05, 0) is 24.7 Å². The molecule has 0 radical (unpaired) electrons. The van der Waals surface area contributed by atoms with Gasteiger partial charge >= 0.3 is 0 Å². The molecular weight excluding hydrogens is 247 g/mol. The Kier molecular flexibility index (Phi) is 4.14. The average molecular weight is 268 g/mol. The molecule has 1 aromatic carbocycles. The first-order valence-electron chi connectivity index (χ1n) is 6.46. The molecule has 2 rings (SSSR count). The van der Waals surface area contributed by atoms with Crippen LogP contribution < -0.4 is 15.8 Å². The van der Waals surface area contributed by atoms with Gasteiger partial charge in [-0.3, -0.25) is 0 Å². The third-order valence-corrected chi connectivity index (χ3v) is 3.77. The van der Waals surface area contributed by atoms with Gasteiger partial charge in [-0.15, -0.1) is 0 Å². The van der Waals surface area contributed by atoms with E-state index in [1.807, 2.05) is 0 Å². The standard InChI is InChI=1S/C14H21FN2O2/c1-18-6-5-14(3-4-14)9-17-12-8-13(19-2)10(15)7-11(12)16/h7-8,17H,3-6,9,16H2,1-2H3. The van der Waals surface area contributed by atoms with Gasteiger partial charge in [0.15, 0.2) is 11.6 Å². The molecule has 1 fully saturated rings. The molecule has 3 N–H and O–H groups in total. The highest BCUT2D eigenvalue weighted by Gasteiger charge is 2.41. The van der Waals surface area contributed by atoms with Crippen LogP contribution in [0.2, 0.25) is 0 Å². The summed E-state index contributed by atoms with van der Waals surface area (Å²) in [5.74, 6) is -0.232. The third kappa shape index (κ3) is 3.29. The number of nitrogens with one attached hydrogen (secondary N) is 1. The van der Waals surface area contributed by atoms with Gasteiger partial charge in [0, 0.05) is 32.4 Å². The van der Waals surface area contributed by atoms with Crippen LogP contribution in [-0.4, -0.2) is 27.4 Å². The average Bonchev–Trinajstić information content (AvgIpc) is 3.16. The van der Waals surface area contributed by atoms with Crippen LogP contribution in [0.25, 0.3) is 0 Å². The van der Waals surface area contributed by atoms with Gasteiger partial charge in [-0.25, -0.2) is 4.39 Å². The lowest BCUT2D eigenvalue weighted by Crippen LogP contribution is -2.18. The van der Waals surface area contributed by atoms with Crippen molar-refractivity contribution in [1.29, 1.82) is 0 Å². The summed E-state index contributed by atoms with van der Waals surface area (Å²) in [6.07, 6.45) is 3.43. The molecule has 0 heterocycles. The Morgan fingerprint density at radius 3 is 2.68 bits per heavy atom. The van der Waals surface area contributed by atoms with Gasteiger partial charge in [0.2, 0.25) is 0 Å². The number of hydrogen-bond acceptors (Lipinski definition) is 4. The van der Waals surface area contributed by atoms with Crippen LogP contribution in [0.4, 0.5) is 15.8 Å². The number of ether oxygens (including phenoxy) is 2. The summed E-state index contributed by atoms with van der Waals surface area (Å²) < 4.78 is 23.5. The van der Waals surface area contributed by atoms with E-state index in [9.17, 15) is 4.39 Å². The molecule has 1 aliphatic carbocycles. The maximum atomic E-state index is 13.4. The molecule has 0 aliphatic heterocycles. The largest absolute Gasteiger partial charge is 0.494 e. The molecule has 0 saturated heterocycles. The Balaban J connectivity index is 1.99. The fourth-order valence-corrected chi connectivity index (χ4v) is 2.17. The van der Waals surface area contributed by atoms with Crippen molar-refractivity contribution >= 4 is 11.4 Å². The second kappa shape index (κ2) is 5.65. The first kappa shape index (κ1) is 13.9. The molecule has 19 heavy (non-hydrogen) atoms. The third-order valence-electron chi connectivity index (χ3n) is 3.77. The van der Waals surface area contributed by atoms with Crippen LogP contribution in [0.5, 0.6) is 5.75 Å². The number of halogens is 1. The molecule has 0 aromatic heterocycles. The lowest BCUT2D eigenvalue weighted by molar-refractivity contribution is 0.175. The van der Waals surface area contributed by atoms with Crippen molar-refractivity contribution in [3.05, 3.63) is 17.9 Å². The SMILES string of the molecule is COCCC1(CNc2cc(OC)c(F)cc2N)CC1. The quantitative estimate of drug-likeness (QED) is 0.746. The fourth-order valence-electron chi connectivity index (χ4n) is 2.17. The molecule has 106 valence electrons. The van der Waals surface area contributed by atoms with Crippen molar-refractivity contribution in [2.24, 2.45) is 5.41 Å². The van der Waals surface area contributed by atoms with Gasteiger partial charge in [0.25, 0.3) is 0 Å². The summed E-state index contributed by atoms with van der Waals surface area (Å²) in [6, 6.07) is 2.90. The molecule has 1 saturated carbocycles. The minimum absolute atomic E-state index is 0.207. The van der Waals surface area contributed by atoms with Crippen molar-refractivity contribution in [2.75, 3.05) is 38.4 Å². The smallest absolute Gasteiger partial charge is 0.167 e. The molecule has 1 aliphatic rings. The highest BCUT2D eigenvalue weighted by atomic mass is 19.1. The lowest BCUT2D eigenvalue weighted by atomic mass is 10.0. The van der Waals surface area contributed by atoms with Gasteiger partial charge in [0.1, 0.15) is 0 Å². The Morgan fingerprint density at radius 1 is 1.37 bits per heavy atom. The second-order valence-corrected chi connectivity index (χ2v) is 5.17. The van der Waals surface area contributed by atoms with E-state index in [4.69, 9.17) is 15.2 Å². The number of benzene rings is 1. The van der Waals surface area contributed by atoms with E-state index in [1.54, 1.807) is 13.2 Å². The van der Waals surface area contributed by atoms with Crippen LogP contribution in [0.15, 0.2) is 12.1 Å². The number of nitrogen functional groups attached to an aromatic ring is 1. The number of methoxy groups -OCH3 is 2. The van der Waals surface area contributed by atoms with E-state index >= 15 is 0 Å². The highest BCUT2D eigenvalue weighted by molar-refractivity contribution is 5.68. The minimum atomic E-state index is -0.439. The molecule has 0 atom stereocenters. The summed E-state index contributed by atoms with van der Waals surface area (Å²) in [5.41, 5.74) is 7.25. The minimum Gasteiger partial charge on any atom is -0.494 e. The molecule has 0 spiro atoms. The number of hydrogen-bond donors (Lipinski definition) is 2. The van der Waals surface area contributed by atoms with E-state index < -0.39 is 5.82 Å². The van der Waals surface area contributed by atoms with Crippen molar-refractivity contribution in [2.45, 2.75) is 19.3 Å². The van der Waals surface area contributed by atoms with Crippen LogP contribution in [0, 0.1) is 11.2 Å². The zero-order valence-corrected chi connectivity index (χ0v) is 11.5. The van der Waals surface area contributed by atoms with Crippen molar-refractivity contribution in [3.63, 3.8) is 0 Å². The van der Waals surface area contributed by atoms with Crippen LogP contribution in [-0.2, 0) is 4.74 Å². The van der Waals surface area contributed by atoms with Gasteiger partial charge in [-0.1, -0.05) is 0 Å². The molecule has 0 bridgehead atoms. The molecule has 4 nitrogen and oxygen atoms in total. The monoisotopic (exact) mass is 268 g/mol. The number of anilines is 2. The normalized spacial score (nSPS) is 16.2. The van der Waals surface area contributed by atoms with E-state index in [-0.39, 0.29) is 5.75 Å². The van der Waals surface area contributed by atoms with Crippen molar-refractivity contribution in [1.82, 2.24) is 0 Å². The van der Waals surface area contributed by atoms with E-state index in [1.165, 1.54) is 26.0 Å². The van der Waals surface area contributed by atoms with Crippen molar-refractivity contribution in [3.8, 4) is 5.75 Å². The van der Waals surface area contributed by atoms with Gasteiger partial charge in [0.05, 0.1) is 18.5 Å². The highest BCUT2D eigenvalue weighted by Crippen LogP contribution is 2.49. The van der Waals surface area contributed by atoms with E-state index in [2.05, 4.69) is 5.32 Å². The summed E-state index contributed by atoms with van der Waals surface area (Å²) in [4.78, 5) is 0. The number of rotatable bonds is 7. The molecule has 0 unspecified atom stereocenters. The number of nitrogens with two attached hydrogens (primary N) is 1. The Labute approximate surface area is 113 Å². The maximum absolute atomic E-state index is 13.4. The summed E-state index contributed by atoms with van der Waals surface area (Å²) in [7, 11) is 3.16. The van der Waals surface area contributed by atoms with E-state index in [0.29, 0.717) is 11.1 Å². The Hall–Kier alpha value is -1.49. The molecular formula is C14H21FN2O2. The predicted octanol–water partition coefficient (Wildman–Crippen LogP) is 2.65. The zero-order valence-electron chi connectivity index (χ0n) is 11.5. The molecule has 5 heteroatoms. The zero-order chi connectivity index (χ0) is 13.9. The van der Waals surface area contributed by atoms with Crippen LogP contribution in [0.1, 0.15) is 19.3 Å². The lowest BCUT2D eigenvalue weighted by Gasteiger charge is -2.18. The van der Waals surface area contributed by atoms with E-state index in [0.717, 1.165) is 25.3 Å². The van der Waals surface area contributed by atoms with Gasteiger partial charge in [-0.2, -0.15) is 0 Å². The fraction of sp³-hybridized carbons (Fsp3) is 0.571. The topological polar surface area (TPSA) is 56.5 Å². The van der Waals surface area contributed by atoms with Gasteiger partial charge < -0.3 is 20.5 Å². The van der Waals surface area contributed by atoms with Crippen molar-refractivity contribution < 1.29 is 13.9 Å². The maximum Gasteiger partial charge on any atom is 0.167 e. The Bertz CT molecular complexity index is 447. The second-order valence-electron chi connectivity index (χ2n) is 5.17. The first-order valence-corrected chi connectivity index (χ1v) is 6.46. The molecule has 0 amide bonds. The summed E-state index contributed by atoms with van der Waals surface area (Å²) >= 11 is 0. The summed E-state index contributed by atoms with van der Waals surface area (Å²) in [6.45, 7) is 1.60. The predicted molar refractivity (Wildman–Crippen MR) is 74.0 cm³/mol.